The molecule has 0 radical (unpaired) electrons. The van der Waals surface area contributed by atoms with Crippen LogP contribution in [0, 0.1) is 6.92 Å². The number of carbonyl (C=O) groups is 1. The summed E-state index contributed by atoms with van der Waals surface area (Å²) < 4.78 is 5.01. The first kappa shape index (κ1) is 14.4. The number of rotatable bonds is 3. The summed E-state index contributed by atoms with van der Waals surface area (Å²) in [4.78, 5) is 11.7. The molecular weight excluding hydrogens is 303 g/mol. The van der Waals surface area contributed by atoms with E-state index in [1.807, 2.05) is 0 Å². The lowest BCUT2D eigenvalue weighted by Crippen LogP contribution is -2.17. The van der Waals surface area contributed by atoms with Gasteiger partial charge in [0.2, 0.25) is 0 Å². The molecular formula is C13H10Cl2N2O3. The van der Waals surface area contributed by atoms with Crippen molar-refractivity contribution < 1.29 is 14.3 Å². The molecule has 0 aliphatic heterocycles. The van der Waals surface area contributed by atoms with Crippen LogP contribution in [0.5, 0.6) is 5.75 Å². The van der Waals surface area contributed by atoms with Gasteiger partial charge in [-0.3, -0.25) is 4.79 Å². The lowest BCUT2D eigenvalue weighted by Gasteiger charge is -2.02. The van der Waals surface area contributed by atoms with Crippen molar-refractivity contribution in [2.24, 2.45) is 5.10 Å². The Bertz CT molecular complexity index is 680. The topological polar surface area (TPSA) is 74.8 Å². The van der Waals surface area contributed by atoms with Crippen molar-refractivity contribution in [2.45, 2.75) is 6.92 Å². The third-order valence-corrected chi connectivity index (χ3v) is 3.04. The van der Waals surface area contributed by atoms with Gasteiger partial charge in [-0.2, -0.15) is 5.10 Å². The summed E-state index contributed by atoms with van der Waals surface area (Å²) >= 11 is 11.6. The van der Waals surface area contributed by atoms with Gasteiger partial charge in [-0.05, 0) is 25.1 Å². The molecule has 20 heavy (non-hydrogen) atoms. The van der Waals surface area contributed by atoms with Gasteiger partial charge in [-0.1, -0.05) is 23.2 Å². The van der Waals surface area contributed by atoms with E-state index in [1.54, 1.807) is 6.92 Å². The van der Waals surface area contributed by atoms with Crippen LogP contribution < -0.4 is 5.43 Å². The fourth-order valence-electron chi connectivity index (χ4n) is 1.53. The molecule has 2 rings (SSSR count). The number of furan rings is 1. The normalized spacial score (nSPS) is 10.9. The third-order valence-electron chi connectivity index (χ3n) is 2.53. The highest BCUT2D eigenvalue weighted by Crippen LogP contribution is 2.29. The summed E-state index contributed by atoms with van der Waals surface area (Å²) in [5.41, 5.74) is 3.00. The minimum Gasteiger partial charge on any atom is -0.506 e. The van der Waals surface area contributed by atoms with Crippen LogP contribution in [0.1, 0.15) is 21.7 Å². The van der Waals surface area contributed by atoms with Gasteiger partial charge in [-0.25, -0.2) is 5.43 Å². The molecule has 0 spiro atoms. The highest BCUT2D eigenvalue weighted by molar-refractivity contribution is 6.36. The van der Waals surface area contributed by atoms with Crippen LogP contribution in [-0.2, 0) is 0 Å². The first-order valence-corrected chi connectivity index (χ1v) is 6.30. The Balaban J connectivity index is 2.11. The molecule has 2 aromatic rings. The number of benzene rings is 1. The number of hydrogen-bond acceptors (Lipinski definition) is 4. The molecule has 0 saturated carbocycles. The van der Waals surface area contributed by atoms with E-state index < -0.39 is 5.91 Å². The predicted octanol–water partition coefficient (Wildman–Crippen LogP) is 3.36. The zero-order valence-electron chi connectivity index (χ0n) is 10.4. The number of aromatic hydroxyl groups is 1. The minimum atomic E-state index is -0.417. The number of nitrogens with one attached hydrogen (secondary N) is 1. The number of halogens is 2. The van der Waals surface area contributed by atoms with Gasteiger partial charge in [0, 0.05) is 10.6 Å². The molecule has 0 bridgehead atoms. The number of hydrazone groups is 1. The molecule has 0 atom stereocenters. The standard InChI is InChI=1S/C13H10Cl2N2O3/c1-7-10(2-3-20-7)13(19)17-16-6-8-4-9(14)5-11(15)12(8)18/h2-6,18H,1H3,(H,17,19)/b16-6+. The number of hydrogen-bond donors (Lipinski definition) is 2. The Morgan fingerprint density at radius 1 is 1.45 bits per heavy atom. The van der Waals surface area contributed by atoms with Crippen molar-refractivity contribution in [2.75, 3.05) is 0 Å². The zero-order chi connectivity index (χ0) is 14.7. The fourth-order valence-corrected chi connectivity index (χ4v) is 2.03. The van der Waals surface area contributed by atoms with Crippen LogP contribution in [0.2, 0.25) is 10.0 Å². The average Bonchev–Trinajstić information content (AvgIpc) is 2.81. The Kier molecular flexibility index (Phi) is 4.32. The smallest absolute Gasteiger partial charge is 0.274 e. The van der Waals surface area contributed by atoms with E-state index in [-0.39, 0.29) is 10.8 Å². The number of phenols is 1. The maximum absolute atomic E-state index is 11.7. The summed E-state index contributed by atoms with van der Waals surface area (Å²) in [6, 6.07) is 4.42. The molecule has 0 saturated heterocycles. The van der Waals surface area contributed by atoms with Crippen molar-refractivity contribution in [3.8, 4) is 5.75 Å². The van der Waals surface area contributed by atoms with E-state index in [2.05, 4.69) is 10.5 Å². The van der Waals surface area contributed by atoms with Crippen molar-refractivity contribution in [1.29, 1.82) is 0 Å². The van der Waals surface area contributed by atoms with E-state index in [1.165, 1.54) is 30.7 Å². The minimum absolute atomic E-state index is 0.107. The first-order valence-electron chi connectivity index (χ1n) is 5.54. The molecule has 5 nitrogen and oxygen atoms in total. The van der Waals surface area contributed by atoms with E-state index in [0.717, 1.165) is 0 Å². The Morgan fingerprint density at radius 3 is 2.85 bits per heavy atom. The molecule has 104 valence electrons. The van der Waals surface area contributed by atoms with Crippen LogP contribution in [0.4, 0.5) is 0 Å². The molecule has 1 heterocycles. The van der Waals surface area contributed by atoms with Gasteiger partial charge >= 0.3 is 0 Å². The summed E-state index contributed by atoms with van der Waals surface area (Å²) in [7, 11) is 0. The molecule has 2 N–H and O–H groups in total. The van der Waals surface area contributed by atoms with E-state index in [9.17, 15) is 9.90 Å². The van der Waals surface area contributed by atoms with Gasteiger partial charge < -0.3 is 9.52 Å². The summed E-state index contributed by atoms with van der Waals surface area (Å²) in [5.74, 6) is -0.0833. The van der Waals surface area contributed by atoms with Gasteiger partial charge in [-0.15, -0.1) is 0 Å². The maximum Gasteiger partial charge on any atom is 0.274 e. The van der Waals surface area contributed by atoms with Crippen molar-refractivity contribution in [1.82, 2.24) is 5.43 Å². The van der Waals surface area contributed by atoms with E-state index in [0.29, 0.717) is 21.9 Å². The molecule has 1 amide bonds. The Morgan fingerprint density at radius 2 is 2.20 bits per heavy atom. The van der Waals surface area contributed by atoms with Gasteiger partial charge in [0.1, 0.15) is 11.5 Å². The highest BCUT2D eigenvalue weighted by Gasteiger charge is 2.10. The first-order chi connectivity index (χ1) is 9.49. The molecule has 7 heteroatoms. The second kappa shape index (κ2) is 5.98. The maximum atomic E-state index is 11.7. The van der Waals surface area contributed by atoms with Gasteiger partial charge in [0.15, 0.2) is 0 Å². The van der Waals surface area contributed by atoms with Crippen molar-refractivity contribution in [3.63, 3.8) is 0 Å². The SMILES string of the molecule is Cc1occc1C(=O)N/N=C/c1cc(Cl)cc(Cl)c1O. The number of nitrogens with zero attached hydrogens (tertiary/aromatic N) is 1. The van der Waals surface area contributed by atoms with Crippen LogP contribution in [0.25, 0.3) is 0 Å². The number of aryl methyl sites for hydroxylation is 1. The molecule has 1 aromatic carbocycles. The largest absolute Gasteiger partial charge is 0.506 e. The molecule has 0 aliphatic carbocycles. The quantitative estimate of drug-likeness (QED) is 0.674. The summed E-state index contributed by atoms with van der Waals surface area (Å²) in [5, 5.41) is 13.9. The highest BCUT2D eigenvalue weighted by atomic mass is 35.5. The lowest BCUT2D eigenvalue weighted by molar-refractivity contribution is 0.0953. The van der Waals surface area contributed by atoms with Crippen LogP contribution in [-0.4, -0.2) is 17.2 Å². The molecule has 0 fully saturated rings. The third kappa shape index (κ3) is 3.12. The monoisotopic (exact) mass is 312 g/mol. The van der Waals surface area contributed by atoms with Crippen molar-refractivity contribution in [3.05, 3.63) is 51.4 Å². The predicted molar refractivity (Wildman–Crippen MR) is 76.6 cm³/mol. The molecule has 0 aliphatic rings. The van der Waals surface area contributed by atoms with Gasteiger partial charge in [0.25, 0.3) is 5.91 Å². The molecule has 0 unspecified atom stereocenters. The lowest BCUT2D eigenvalue weighted by atomic mass is 10.2. The van der Waals surface area contributed by atoms with E-state index in [4.69, 9.17) is 27.6 Å². The van der Waals surface area contributed by atoms with Gasteiger partial charge in [0.05, 0.1) is 23.1 Å². The van der Waals surface area contributed by atoms with Crippen LogP contribution in [0.15, 0.2) is 34.0 Å². The number of phenolic OH excluding ortho intramolecular Hbond substituents is 1. The molecule has 1 aromatic heterocycles. The zero-order valence-corrected chi connectivity index (χ0v) is 11.9. The van der Waals surface area contributed by atoms with Crippen LogP contribution >= 0.6 is 23.2 Å². The number of amides is 1. The van der Waals surface area contributed by atoms with Crippen LogP contribution in [0.3, 0.4) is 0 Å². The summed E-state index contributed by atoms with van der Waals surface area (Å²) in [6.45, 7) is 1.67. The average molecular weight is 313 g/mol. The Labute approximate surface area is 124 Å². The summed E-state index contributed by atoms with van der Waals surface area (Å²) in [6.07, 6.45) is 2.66. The Hall–Kier alpha value is -1.98. The second-order valence-corrected chi connectivity index (χ2v) is 4.76. The van der Waals surface area contributed by atoms with Crippen molar-refractivity contribution >= 4 is 35.3 Å². The van der Waals surface area contributed by atoms with E-state index >= 15 is 0 Å². The number of carbonyl (C=O) groups excluding carboxylic acids is 1. The fraction of sp³-hybridized carbons (Fsp3) is 0.0769. The second-order valence-electron chi connectivity index (χ2n) is 3.92.